The molecular formula is C79H153N2O7P. The van der Waals surface area contributed by atoms with E-state index in [0.29, 0.717) is 17.4 Å². The number of esters is 1. The molecule has 526 valence electrons. The zero-order valence-corrected chi connectivity index (χ0v) is 61.3. The van der Waals surface area contributed by atoms with E-state index in [0.717, 1.165) is 64.2 Å². The molecule has 0 aromatic heterocycles. The highest BCUT2D eigenvalue weighted by molar-refractivity contribution is 7.45. The quantitative estimate of drug-likeness (QED) is 0.0212. The van der Waals surface area contributed by atoms with Gasteiger partial charge in [0.25, 0.3) is 7.82 Å². The van der Waals surface area contributed by atoms with E-state index >= 15 is 0 Å². The fourth-order valence-corrected chi connectivity index (χ4v) is 12.8. The van der Waals surface area contributed by atoms with Crippen LogP contribution in [0.3, 0.4) is 0 Å². The summed E-state index contributed by atoms with van der Waals surface area (Å²) < 4.78 is 30.6. The number of nitrogens with one attached hydrogen (secondary N) is 1. The number of quaternary nitrogens is 1. The summed E-state index contributed by atoms with van der Waals surface area (Å²) in [6.07, 6.45) is 87.1. The topological polar surface area (TPSA) is 114 Å². The number of nitrogens with zero attached hydrogens (tertiary/aromatic N) is 1. The van der Waals surface area contributed by atoms with Gasteiger partial charge in [-0.25, -0.2) is 0 Å². The summed E-state index contributed by atoms with van der Waals surface area (Å²) in [5.41, 5.74) is 0. The number of unbranched alkanes of at least 4 members (excludes halogenated alkanes) is 53. The van der Waals surface area contributed by atoms with Gasteiger partial charge >= 0.3 is 5.97 Å². The maximum absolute atomic E-state index is 13.6. The van der Waals surface area contributed by atoms with Crippen molar-refractivity contribution in [3.63, 3.8) is 0 Å². The second-order valence-electron chi connectivity index (χ2n) is 28.2. The van der Waals surface area contributed by atoms with E-state index < -0.39 is 20.0 Å². The molecular weight excluding hydrogens is 1120 g/mol. The number of rotatable bonds is 73. The number of likely N-dealkylation sites (N-methyl/N-ethyl adjacent to an activating group) is 1. The fraction of sp³-hybridized carbons (Fsp3) is 0.899. The SMILES string of the molecule is CCCCC/C=C\C/C=C\CCCCCCCCCCCCCCCCCCCC(=O)OC(/C=C/CCCCCCCCCCCCC)C(COP(=O)([O-])OCC[N+](C)(C)C)NC(=O)CCCCCCCCCCCCCCCCCCCCCCCCC. The molecule has 0 saturated heterocycles. The number of carbonyl (C=O) groups excluding carboxylic acids is 2. The summed E-state index contributed by atoms with van der Waals surface area (Å²) in [5, 5.41) is 3.06. The molecule has 1 N–H and O–H groups in total. The molecule has 0 aromatic carbocycles. The Kier molecular flexibility index (Phi) is 67.7. The van der Waals surface area contributed by atoms with Crippen molar-refractivity contribution in [2.75, 3.05) is 40.9 Å². The Bertz CT molecular complexity index is 1610. The minimum Gasteiger partial charge on any atom is -0.756 e. The van der Waals surface area contributed by atoms with Crippen molar-refractivity contribution in [1.82, 2.24) is 5.32 Å². The van der Waals surface area contributed by atoms with Crippen LogP contribution in [0.25, 0.3) is 0 Å². The number of ether oxygens (including phenoxy) is 1. The average Bonchev–Trinajstić information content (AvgIpc) is 3.63. The lowest BCUT2D eigenvalue weighted by Gasteiger charge is -2.30. The lowest BCUT2D eigenvalue weighted by molar-refractivity contribution is -0.870. The first-order valence-corrected chi connectivity index (χ1v) is 40.8. The number of carbonyl (C=O) groups is 2. The van der Waals surface area contributed by atoms with Gasteiger partial charge in [-0.3, -0.25) is 14.2 Å². The molecule has 0 aliphatic rings. The van der Waals surface area contributed by atoms with Crippen LogP contribution in [0.15, 0.2) is 36.5 Å². The summed E-state index contributed by atoms with van der Waals surface area (Å²) in [7, 11) is 1.21. The third-order valence-corrected chi connectivity index (χ3v) is 19.0. The second-order valence-corrected chi connectivity index (χ2v) is 29.6. The van der Waals surface area contributed by atoms with E-state index in [2.05, 4.69) is 50.4 Å². The molecule has 0 heterocycles. The van der Waals surface area contributed by atoms with Crippen LogP contribution in [0.2, 0.25) is 0 Å². The zero-order chi connectivity index (χ0) is 64.9. The van der Waals surface area contributed by atoms with Crippen molar-refractivity contribution < 1.29 is 37.3 Å². The molecule has 0 bridgehead atoms. The molecule has 0 saturated carbocycles. The van der Waals surface area contributed by atoms with Crippen LogP contribution in [0.5, 0.6) is 0 Å². The Hall–Kier alpha value is -1.77. The predicted molar refractivity (Wildman–Crippen MR) is 386 cm³/mol. The van der Waals surface area contributed by atoms with Crippen LogP contribution < -0.4 is 10.2 Å². The molecule has 0 aliphatic carbocycles. The molecule has 3 atom stereocenters. The van der Waals surface area contributed by atoms with Gasteiger partial charge < -0.3 is 28.5 Å². The molecule has 9 nitrogen and oxygen atoms in total. The molecule has 0 spiro atoms. The Morgan fingerprint density at radius 1 is 0.393 bits per heavy atom. The van der Waals surface area contributed by atoms with Crippen LogP contribution >= 0.6 is 7.82 Å². The summed E-state index contributed by atoms with van der Waals surface area (Å²) in [6, 6.07) is -0.885. The molecule has 0 rings (SSSR count). The minimum absolute atomic E-state index is 0.0182. The van der Waals surface area contributed by atoms with Crippen LogP contribution in [-0.4, -0.2) is 69.4 Å². The molecule has 3 unspecified atom stereocenters. The van der Waals surface area contributed by atoms with Gasteiger partial charge in [-0.05, 0) is 63.9 Å². The number of phosphoric ester groups is 1. The van der Waals surface area contributed by atoms with Crippen LogP contribution in [0, 0.1) is 0 Å². The molecule has 0 fully saturated rings. The van der Waals surface area contributed by atoms with Crippen molar-refractivity contribution >= 4 is 19.7 Å². The van der Waals surface area contributed by atoms with Crippen molar-refractivity contribution in [3.8, 4) is 0 Å². The number of amides is 1. The minimum atomic E-state index is -4.70. The normalized spacial score (nSPS) is 13.6. The first-order valence-electron chi connectivity index (χ1n) is 39.3. The van der Waals surface area contributed by atoms with Crippen LogP contribution in [0.4, 0.5) is 0 Å². The Labute approximate surface area is 555 Å². The van der Waals surface area contributed by atoms with E-state index in [1.807, 2.05) is 33.3 Å². The third kappa shape index (κ3) is 70.4. The highest BCUT2D eigenvalue weighted by Crippen LogP contribution is 2.38. The van der Waals surface area contributed by atoms with Gasteiger partial charge in [0.2, 0.25) is 5.91 Å². The van der Waals surface area contributed by atoms with Gasteiger partial charge in [-0.1, -0.05) is 366 Å². The first kappa shape index (κ1) is 87.2. The summed E-state index contributed by atoms with van der Waals surface area (Å²) in [4.78, 5) is 40.3. The fourth-order valence-electron chi connectivity index (χ4n) is 12.0. The van der Waals surface area contributed by atoms with Gasteiger partial charge in [0.1, 0.15) is 19.3 Å². The van der Waals surface area contributed by atoms with Gasteiger partial charge in [0.05, 0.1) is 33.8 Å². The lowest BCUT2D eigenvalue weighted by atomic mass is 10.0. The largest absolute Gasteiger partial charge is 0.756 e. The van der Waals surface area contributed by atoms with E-state index in [1.54, 1.807) is 0 Å². The molecule has 89 heavy (non-hydrogen) atoms. The Morgan fingerprint density at radius 2 is 0.685 bits per heavy atom. The van der Waals surface area contributed by atoms with Gasteiger partial charge in [-0.15, -0.1) is 0 Å². The maximum Gasteiger partial charge on any atom is 0.306 e. The molecule has 1 amide bonds. The highest BCUT2D eigenvalue weighted by atomic mass is 31.2. The summed E-state index contributed by atoms with van der Waals surface area (Å²) in [5.74, 6) is -0.514. The Balaban J connectivity index is 4.94. The van der Waals surface area contributed by atoms with Crippen molar-refractivity contribution in [2.45, 2.75) is 418 Å². The van der Waals surface area contributed by atoms with Gasteiger partial charge in [0, 0.05) is 12.8 Å². The van der Waals surface area contributed by atoms with E-state index in [4.69, 9.17) is 13.8 Å². The monoisotopic (exact) mass is 1270 g/mol. The first-order chi connectivity index (χ1) is 43.4. The highest BCUT2D eigenvalue weighted by Gasteiger charge is 2.27. The van der Waals surface area contributed by atoms with Crippen molar-refractivity contribution in [2.24, 2.45) is 0 Å². The van der Waals surface area contributed by atoms with E-state index in [1.165, 1.54) is 308 Å². The van der Waals surface area contributed by atoms with E-state index in [-0.39, 0.29) is 31.5 Å². The summed E-state index contributed by atoms with van der Waals surface area (Å²) >= 11 is 0. The molecule has 0 aromatic rings. The maximum atomic E-state index is 13.6. The van der Waals surface area contributed by atoms with E-state index in [9.17, 15) is 19.0 Å². The van der Waals surface area contributed by atoms with Crippen LogP contribution in [0.1, 0.15) is 406 Å². The van der Waals surface area contributed by atoms with Crippen molar-refractivity contribution in [1.29, 1.82) is 0 Å². The van der Waals surface area contributed by atoms with Crippen LogP contribution in [-0.2, 0) is 27.9 Å². The smallest absolute Gasteiger partial charge is 0.306 e. The molecule has 0 aliphatic heterocycles. The number of hydrogen-bond acceptors (Lipinski definition) is 7. The van der Waals surface area contributed by atoms with Gasteiger partial charge in [0.15, 0.2) is 0 Å². The predicted octanol–water partition coefficient (Wildman–Crippen LogP) is 24.7. The second kappa shape index (κ2) is 69.1. The number of phosphoric acid groups is 1. The molecule has 0 radical (unpaired) electrons. The van der Waals surface area contributed by atoms with Crippen molar-refractivity contribution in [3.05, 3.63) is 36.5 Å². The summed E-state index contributed by atoms with van der Waals surface area (Å²) in [6.45, 7) is 6.90. The third-order valence-electron chi connectivity index (χ3n) is 18.1. The Morgan fingerprint density at radius 3 is 1.03 bits per heavy atom. The zero-order valence-electron chi connectivity index (χ0n) is 60.4. The van der Waals surface area contributed by atoms with Gasteiger partial charge in [-0.2, -0.15) is 0 Å². The number of allylic oxidation sites excluding steroid dienone is 5. The lowest BCUT2D eigenvalue weighted by Crippen LogP contribution is -2.47. The average molecular weight is 1270 g/mol. The number of hydrogen-bond donors (Lipinski definition) is 1. The standard InChI is InChI=1S/C79H153N2O7P/c1-7-10-13-16-19-22-25-28-30-32-34-36-38-39-40-41-43-45-47-49-51-54-57-60-63-66-69-72-79(83)88-77(70-67-64-61-58-55-52-27-24-21-18-15-12-9-3)76(75-87-89(84,85)86-74-73-81(4,5)6)80-78(82)71-68-65-62-59-56-53-50-48-46-44-42-37-35-33-31-29-26-23-20-17-14-11-8-2/h19,22,28,30,67,70,76-77H,7-18,20-21,23-27,29,31-66,68-69,71-75H2,1-6H3,(H-,80,82,84,85)/b22-19-,30-28-,70-67+. The molecule has 10 heteroatoms.